The second kappa shape index (κ2) is 5.15. The number of anilines is 1. The minimum atomic E-state index is -3.02. The fourth-order valence-corrected chi connectivity index (χ4v) is 5.15. The summed E-state index contributed by atoms with van der Waals surface area (Å²) < 4.78 is 24.1. The van der Waals surface area contributed by atoms with Gasteiger partial charge in [0, 0.05) is 16.7 Å². The molecule has 2 aliphatic heterocycles. The Balaban J connectivity index is 1.87. The lowest BCUT2D eigenvalue weighted by atomic mass is 9.99. The maximum Gasteiger partial charge on any atom is 0.231 e. The molecule has 0 spiro atoms. The van der Waals surface area contributed by atoms with Crippen LogP contribution in [0.1, 0.15) is 18.4 Å². The largest absolute Gasteiger partial charge is 0.312 e. The van der Waals surface area contributed by atoms with Gasteiger partial charge in [-0.3, -0.25) is 4.79 Å². The van der Waals surface area contributed by atoms with Gasteiger partial charge in [-0.05, 0) is 43.0 Å². The Morgan fingerprint density at radius 3 is 2.85 bits per heavy atom. The molecule has 0 N–H and O–H groups in total. The Morgan fingerprint density at radius 1 is 1.35 bits per heavy atom. The Kier molecular flexibility index (Phi) is 3.62. The predicted molar refractivity (Wildman–Crippen MR) is 81.6 cm³/mol. The third kappa shape index (κ3) is 2.63. The number of sulfone groups is 1. The first-order valence-corrected chi connectivity index (χ1v) is 9.38. The molecule has 1 saturated heterocycles. The van der Waals surface area contributed by atoms with E-state index in [1.807, 2.05) is 18.2 Å². The summed E-state index contributed by atoms with van der Waals surface area (Å²) >= 11 is 3.45. The average Bonchev–Trinajstić information content (AvgIpc) is 2.77. The van der Waals surface area contributed by atoms with Crippen molar-refractivity contribution in [3.8, 4) is 0 Å². The summed E-state index contributed by atoms with van der Waals surface area (Å²) in [6.07, 6.45) is 2.35. The van der Waals surface area contributed by atoms with Gasteiger partial charge in [-0.1, -0.05) is 15.9 Å². The number of hydrogen-bond donors (Lipinski definition) is 0. The van der Waals surface area contributed by atoms with Crippen LogP contribution in [-0.2, 0) is 21.1 Å². The molecule has 0 saturated carbocycles. The van der Waals surface area contributed by atoms with Crippen molar-refractivity contribution in [3.63, 3.8) is 0 Å². The lowest BCUT2D eigenvalue weighted by Gasteiger charge is -2.31. The van der Waals surface area contributed by atoms with Crippen LogP contribution in [0.3, 0.4) is 0 Å². The molecule has 3 rings (SSSR count). The molecule has 0 bridgehead atoms. The van der Waals surface area contributed by atoms with Crippen molar-refractivity contribution in [3.05, 3.63) is 28.2 Å². The molecule has 2 heterocycles. The number of hydrogen-bond acceptors (Lipinski definition) is 3. The maximum atomic E-state index is 12.6. The van der Waals surface area contributed by atoms with E-state index in [9.17, 15) is 13.2 Å². The quantitative estimate of drug-likeness (QED) is 0.773. The van der Waals surface area contributed by atoms with E-state index in [-0.39, 0.29) is 23.3 Å². The molecule has 6 heteroatoms. The zero-order valence-corrected chi connectivity index (χ0v) is 13.4. The molecule has 1 unspecified atom stereocenters. The fraction of sp³-hybridized carbons (Fsp3) is 0.500. The number of fused-ring (bicyclic) bond motifs is 1. The minimum absolute atomic E-state index is 0.00813. The van der Waals surface area contributed by atoms with Crippen molar-refractivity contribution < 1.29 is 13.2 Å². The molecule has 1 amide bonds. The highest BCUT2D eigenvalue weighted by Gasteiger charge is 2.36. The van der Waals surface area contributed by atoms with Crippen molar-refractivity contribution in [1.29, 1.82) is 0 Å². The number of halogens is 1. The van der Waals surface area contributed by atoms with Crippen LogP contribution in [0.2, 0.25) is 0 Å². The maximum absolute atomic E-state index is 12.6. The van der Waals surface area contributed by atoms with Gasteiger partial charge in [-0.15, -0.1) is 0 Å². The first-order chi connectivity index (χ1) is 9.46. The molecule has 4 nitrogen and oxygen atoms in total. The van der Waals surface area contributed by atoms with Gasteiger partial charge in [0.05, 0.1) is 17.4 Å². The monoisotopic (exact) mass is 357 g/mol. The molecule has 0 aliphatic carbocycles. The molecular weight excluding hydrogens is 342 g/mol. The van der Waals surface area contributed by atoms with E-state index in [1.54, 1.807) is 4.90 Å². The lowest BCUT2D eigenvalue weighted by Crippen LogP contribution is -2.40. The molecule has 1 atom stereocenters. The van der Waals surface area contributed by atoms with E-state index in [0.717, 1.165) is 28.6 Å². The Bertz CT molecular complexity index is 656. The summed E-state index contributed by atoms with van der Waals surface area (Å²) in [5.74, 6) is -0.248. The fourth-order valence-electron chi connectivity index (χ4n) is 3.00. The van der Waals surface area contributed by atoms with E-state index < -0.39 is 9.84 Å². The molecule has 1 aromatic carbocycles. The number of aryl methyl sites for hydroxylation is 1. The number of rotatable bonds is 1. The van der Waals surface area contributed by atoms with Crippen LogP contribution in [0.4, 0.5) is 5.69 Å². The van der Waals surface area contributed by atoms with Crippen molar-refractivity contribution in [2.45, 2.75) is 19.3 Å². The van der Waals surface area contributed by atoms with Crippen LogP contribution < -0.4 is 4.90 Å². The van der Waals surface area contributed by atoms with E-state index in [2.05, 4.69) is 15.9 Å². The van der Waals surface area contributed by atoms with E-state index in [4.69, 9.17) is 0 Å². The molecular formula is C14H16BrNO3S. The zero-order valence-electron chi connectivity index (χ0n) is 11.0. The highest BCUT2D eigenvalue weighted by molar-refractivity contribution is 9.10. The summed E-state index contributed by atoms with van der Waals surface area (Å²) in [6.45, 7) is 0.685. The highest BCUT2D eigenvalue weighted by atomic mass is 79.9. The van der Waals surface area contributed by atoms with Crippen molar-refractivity contribution in [2.75, 3.05) is 23.0 Å². The van der Waals surface area contributed by atoms with Gasteiger partial charge in [0.1, 0.15) is 0 Å². The van der Waals surface area contributed by atoms with E-state index >= 15 is 0 Å². The zero-order chi connectivity index (χ0) is 14.3. The number of amides is 1. The smallest absolute Gasteiger partial charge is 0.231 e. The summed E-state index contributed by atoms with van der Waals surface area (Å²) in [5, 5.41) is 0. The van der Waals surface area contributed by atoms with Gasteiger partial charge in [-0.25, -0.2) is 8.42 Å². The van der Waals surface area contributed by atoms with E-state index in [1.165, 1.54) is 0 Å². The standard InChI is InChI=1S/C14H16BrNO3S/c15-12-3-4-13-10(8-12)2-1-6-16(13)14(17)11-5-7-20(18,19)9-11/h3-4,8,11H,1-2,5-7,9H2. The molecule has 0 radical (unpaired) electrons. The molecule has 1 aromatic rings. The average molecular weight is 358 g/mol. The Hall–Kier alpha value is -0.880. The number of nitrogens with zero attached hydrogens (tertiary/aromatic N) is 1. The predicted octanol–water partition coefficient (Wildman–Crippen LogP) is 2.16. The molecule has 108 valence electrons. The van der Waals surface area contributed by atoms with Gasteiger partial charge in [0.25, 0.3) is 0 Å². The van der Waals surface area contributed by atoms with Crippen LogP contribution in [0.25, 0.3) is 0 Å². The van der Waals surface area contributed by atoms with Gasteiger partial charge >= 0.3 is 0 Å². The van der Waals surface area contributed by atoms with Crippen LogP contribution >= 0.6 is 15.9 Å². The van der Waals surface area contributed by atoms with Gasteiger partial charge in [0.2, 0.25) is 5.91 Å². The lowest BCUT2D eigenvalue weighted by molar-refractivity contribution is -0.121. The van der Waals surface area contributed by atoms with Gasteiger partial charge < -0.3 is 4.90 Å². The van der Waals surface area contributed by atoms with Crippen molar-refractivity contribution in [1.82, 2.24) is 0 Å². The topological polar surface area (TPSA) is 54.5 Å². The highest BCUT2D eigenvalue weighted by Crippen LogP contribution is 2.32. The summed E-state index contributed by atoms with van der Waals surface area (Å²) in [7, 11) is -3.02. The third-order valence-corrected chi connectivity index (χ3v) is 6.27. The molecule has 0 aromatic heterocycles. The van der Waals surface area contributed by atoms with Crippen LogP contribution in [0, 0.1) is 5.92 Å². The van der Waals surface area contributed by atoms with Crippen LogP contribution in [-0.4, -0.2) is 32.4 Å². The first kappa shape index (κ1) is 14.1. The van der Waals surface area contributed by atoms with Crippen LogP contribution in [0.5, 0.6) is 0 Å². The van der Waals surface area contributed by atoms with Crippen LogP contribution in [0.15, 0.2) is 22.7 Å². The number of carbonyl (C=O) groups excluding carboxylic acids is 1. The van der Waals surface area contributed by atoms with Gasteiger partial charge in [0.15, 0.2) is 9.84 Å². The molecule has 1 fully saturated rings. The third-order valence-electron chi connectivity index (χ3n) is 4.01. The second-order valence-electron chi connectivity index (χ2n) is 5.47. The van der Waals surface area contributed by atoms with E-state index in [0.29, 0.717) is 13.0 Å². The summed E-state index contributed by atoms with van der Waals surface area (Å²) in [4.78, 5) is 14.4. The minimum Gasteiger partial charge on any atom is -0.312 e. The Labute approximate surface area is 127 Å². The number of benzene rings is 1. The van der Waals surface area contributed by atoms with Crippen molar-refractivity contribution in [2.24, 2.45) is 5.92 Å². The summed E-state index contributed by atoms with van der Waals surface area (Å²) in [5.41, 5.74) is 2.09. The normalized spacial score (nSPS) is 24.4. The molecule has 20 heavy (non-hydrogen) atoms. The number of carbonyl (C=O) groups is 1. The molecule has 2 aliphatic rings. The summed E-state index contributed by atoms with van der Waals surface area (Å²) in [6, 6.07) is 5.91. The van der Waals surface area contributed by atoms with Gasteiger partial charge in [-0.2, -0.15) is 0 Å². The first-order valence-electron chi connectivity index (χ1n) is 6.76. The SMILES string of the molecule is O=C(C1CCS(=O)(=O)C1)N1CCCc2cc(Br)ccc21. The Morgan fingerprint density at radius 2 is 2.15 bits per heavy atom. The van der Waals surface area contributed by atoms with Crippen molar-refractivity contribution >= 4 is 37.4 Å². The second-order valence-corrected chi connectivity index (χ2v) is 8.61.